The average Bonchev–Trinajstić information content (AvgIpc) is 2.46. The van der Waals surface area contributed by atoms with Gasteiger partial charge in [-0.15, -0.1) is 0 Å². The van der Waals surface area contributed by atoms with E-state index >= 15 is 0 Å². The number of methoxy groups -OCH3 is 1. The van der Waals surface area contributed by atoms with Crippen molar-refractivity contribution in [2.75, 3.05) is 20.2 Å². The van der Waals surface area contributed by atoms with Crippen molar-refractivity contribution in [2.45, 2.75) is 32.7 Å². The molecule has 1 aromatic rings. The third-order valence-electron chi connectivity index (χ3n) is 4.19. The zero-order valence-corrected chi connectivity index (χ0v) is 13.6. The van der Waals surface area contributed by atoms with E-state index in [1.165, 1.54) is 25.5 Å². The standard InChI is InChI=1S/C17H24ClNO2/c1-13(17(20)21-2)9-14-6-4-8-19(11-14)12-15-5-3-7-16(18)10-15/h3,5,7,10,13-14H,4,6,8-9,11-12H2,1-2H3. The van der Waals surface area contributed by atoms with Gasteiger partial charge in [-0.2, -0.15) is 0 Å². The number of esters is 1. The number of benzene rings is 1. The lowest BCUT2D eigenvalue weighted by Gasteiger charge is -2.33. The number of halogens is 1. The van der Waals surface area contributed by atoms with Crippen LogP contribution in [-0.2, 0) is 16.1 Å². The lowest BCUT2D eigenvalue weighted by Crippen LogP contribution is -2.36. The summed E-state index contributed by atoms with van der Waals surface area (Å²) in [4.78, 5) is 14.0. The van der Waals surface area contributed by atoms with Crippen LogP contribution < -0.4 is 0 Å². The highest BCUT2D eigenvalue weighted by Crippen LogP contribution is 2.25. The van der Waals surface area contributed by atoms with Crippen LogP contribution >= 0.6 is 11.6 Å². The van der Waals surface area contributed by atoms with Crippen LogP contribution in [0.1, 0.15) is 31.7 Å². The number of hydrogen-bond acceptors (Lipinski definition) is 3. The smallest absolute Gasteiger partial charge is 0.308 e. The fourth-order valence-corrected chi connectivity index (χ4v) is 3.39. The number of ether oxygens (including phenoxy) is 1. The average molecular weight is 310 g/mol. The fraction of sp³-hybridized carbons (Fsp3) is 0.588. The van der Waals surface area contributed by atoms with Gasteiger partial charge in [-0.05, 0) is 49.4 Å². The molecule has 116 valence electrons. The quantitative estimate of drug-likeness (QED) is 0.776. The van der Waals surface area contributed by atoms with E-state index in [1.807, 2.05) is 25.1 Å². The first-order valence-corrected chi connectivity index (χ1v) is 8.01. The second kappa shape index (κ2) is 7.81. The molecule has 3 nitrogen and oxygen atoms in total. The molecule has 1 fully saturated rings. The van der Waals surface area contributed by atoms with Gasteiger partial charge in [-0.1, -0.05) is 30.7 Å². The maximum Gasteiger partial charge on any atom is 0.308 e. The molecule has 0 bridgehead atoms. The van der Waals surface area contributed by atoms with Gasteiger partial charge in [0.2, 0.25) is 0 Å². The Morgan fingerprint density at radius 1 is 1.52 bits per heavy atom. The molecule has 0 spiro atoms. The molecule has 0 N–H and O–H groups in total. The van der Waals surface area contributed by atoms with E-state index in [0.717, 1.165) is 31.1 Å². The lowest BCUT2D eigenvalue weighted by atomic mass is 9.89. The minimum atomic E-state index is -0.0954. The Morgan fingerprint density at radius 3 is 3.05 bits per heavy atom. The summed E-state index contributed by atoms with van der Waals surface area (Å²) in [7, 11) is 1.46. The van der Waals surface area contributed by atoms with Gasteiger partial charge in [-0.3, -0.25) is 9.69 Å². The fourth-order valence-electron chi connectivity index (χ4n) is 3.18. The SMILES string of the molecule is COC(=O)C(C)CC1CCCN(Cc2cccc(Cl)c2)C1. The Bertz CT molecular complexity index is 478. The molecule has 0 aliphatic carbocycles. The molecular formula is C17H24ClNO2. The minimum Gasteiger partial charge on any atom is -0.469 e. The molecule has 2 unspecified atom stereocenters. The van der Waals surface area contributed by atoms with Crippen LogP contribution in [0.4, 0.5) is 0 Å². The van der Waals surface area contributed by atoms with Crippen molar-refractivity contribution >= 4 is 17.6 Å². The molecule has 0 amide bonds. The van der Waals surface area contributed by atoms with E-state index in [4.69, 9.17) is 16.3 Å². The van der Waals surface area contributed by atoms with Crippen LogP contribution in [0, 0.1) is 11.8 Å². The van der Waals surface area contributed by atoms with Crippen molar-refractivity contribution in [2.24, 2.45) is 11.8 Å². The number of piperidine rings is 1. The van der Waals surface area contributed by atoms with Gasteiger partial charge in [0.1, 0.15) is 0 Å². The number of likely N-dealkylation sites (tertiary alicyclic amines) is 1. The van der Waals surface area contributed by atoms with Crippen molar-refractivity contribution in [1.82, 2.24) is 4.90 Å². The summed E-state index contributed by atoms with van der Waals surface area (Å²) in [5, 5.41) is 0.792. The lowest BCUT2D eigenvalue weighted by molar-refractivity contribution is -0.145. The van der Waals surface area contributed by atoms with Crippen LogP contribution in [-0.4, -0.2) is 31.1 Å². The summed E-state index contributed by atoms with van der Waals surface area (Å²) in [5.74, 6) is 0.472. The van der Waals surface area contributed by atoms with Crippen LogP contribution in [0.3, 0.4) is 0 Å². The molecule has 1 saturated heterocycles. The van der Waals surface area contributed by atoms with Crippen LogP contribution in [0.25, 0.3) is 0 Å². The van der Waals surface area contributed by atoms with Gasteiger partial charge < -0.3 is 4.74 Å². The Morgan fingerprint density at radius 2 is 2.33 bits per heavy atom. The van der Waals surface area contributed by atoms with Gasteiger partial charge in [0, 0.05) is 18.1 Å². The molecule has 1 aromatic carbocycles. The second-order valence-corrected chi connectivity index (χ2v) is 6.47. The summed E-state index contributed by atoms with van der Waals surface area (Å²) < 4.78 is 4.82. The molecule has 1 aliphatic rings. The van der Waals surface area contributed by atoms with E-state index in [9.17, 15) is 4.79 Å². The predicted octanol–water partition coefficient (Wildman–Crippen LogP) is 3.75. The van der Waals surface area contributed by atoms with Crippen molar-refractivity contribution in [3.8, 4) is 0 Å². The first-order chi connectivity index (χ1) is 10.1. The van der Waals surface area contributed by atoms with Gasteiger partial charge in [0.15, 0.2) is 0 Å². The number of hydrogen-bond donors (Lipinski definition) is 0. The summed E-state index contributed by atoms with van der Waals surface area (Å²) >= 11 is 6.04. The molecule has 0 aromatic heterocycles. The Kier molecular flexibility index (Phi) is 6.07. The molecule has 4 heteroatoms. The molecule has 21 heavy (non-hydrogen) atoms. The molecule has 1 heterocycles. The zero-order chi connectivity index (χ0) is 15.2. The summed E-state index contributed by atoms with van der Waals surface area (Å²) in [6.07, 6.45) is 3.31. The van der Waals surface area contributed by atoms with Crippen molar-refractivity contribution < 1.29 is 9.53 Å². The molecule has 0 radical (unpaired) electrons. The van der Waals surface area contributed by atoms with E-state index in [1.54, 1.807) is 0 Å². The number of nitrogens with zero attached hydrogens (tertiary/aromatic N) is 1. The van der Waals surface area contributed by atoms with Gasteiger partial charge in [0.25, 0.3) is 0 Å². The monoisotopic (exact) mass is 309 g/mol. The third kappa shape index (κ3) is 5.01. The second-order valence-electron chi connectivity index (χ2n) is 6.03. The van der Waals surface area contributed by atoms with Gasteiger partial charge >= 0.3 is 5.97 Å². The van der Waals surface area contributed by atoms with Crippen molar-refractivity contribution in [3.63, 3.8) is 0 Å². The molecular weight excluding hydrogens is 286 g/mol. The van der Waals surface area contributed by atoms with E-state index in [-0.39, 0.29) is 11.9 Å². The Labute approximate surface area is 132 Å². The largest absolute Gasteiger partial charge is 0.469 e. The van der Waals surface area contributed by atoms with Crippen molar-refractivity contribution in [1.29, 1.82) is 0 Å². The van der Waals surface area contributed by atoms with Crippen LogP contribution in [0.15, 0.2) is 24.3 Å². The number of carbonyl (C=O) groups is 1. The molecule has 0 saturated carbocycles. The highest BCUT2D eigenvalue weighted by molar-refractivity contribution is 6.30. The number of carbonyl (C=O) groups excluding carboxylic acids is 1. The van der Waals surface area contributed by atoms with E-state index in [0.29, 0.717) is 5.92 Å². The first kappa shape index (κ1) is 16.3. The topological polar surface area (TPSA) is 29.5 Å². The summed E-state index contributed by atoms with van der Waals surface area (Å²) in [6, 6.07) is 8.05. The highest BCUT2D eigenvalue weighted by Gasteiger charge is 2.24. The Balaban J connectivity index is 1.87. The number of rotatable bonds is 5. The van der Waals surface area contributed by atoms with E-state index in [2.05, 4.69) is 11.0 Å². The minimum absolute atomic E-state index is 0.00822. The summed E-state index contributed by atoms with van der Waals surface area (Å²) in [6.45, 7) is 5.06. The van der Waals surface area contributed by atoms with Crippen molar-refractivity contribution in [3.05, 3.63) is 34.9 Å². The maximum absolute atomic E-state index is 11.5. The third-order valence-corrected chi connectivity index (χ3v) is 4.42. The predicted molar refractivity (Wildman–Crippen MR) is 85.3 cm³/mol. The van der Waals surface area contributed by atoms with Crippen LogP contribution in [0.5, 0.6) is 0 Å². The van der Waals surface area contributed by atoms with E-state index < -0.39 is 0 Å². The summed E-state index contributed by atoms with van der Waals surface area (Å²) in [5.41, 5.74) is 1.25. The molecule has 2 atom stereocenters. The highest BCUT2D eigenvalue weighted by atomic mass is 35.5. The normalized spacial score (nSPS) is 21.0. The van der Waals surface area contributed by atoms with Gasteiger partial charge in [0.05, 0.1) is 13.0 Å². The molecule has 1 aliphatic heterocycles. The molecule has 2 rings (SSSR count). The van der Waals surface area contributed by atoms with Crippen LogP contribution in [0.2, 0.25) is 5.02 Å². The first-order valence-electron chi connectivity index (χ1n) is 7.63. The Hall–Kier alpha value is -1.06. The van der Waals surface area contributed by atoms with Gasteiger partial charge in [-0.25, -0.2) is 0 Å². The maximum atomic E-state index is 11.5. The zero-order valence-electron chi connectivity index (χ0n) is 12.8.